The van der Waals surface area contributed by atoms with Crippen molar-refractivity contribution in [1.29, 1.82) is 0 Å². The van der Waals surface area contributed by atoms with Crippen LogP contribution in [0.2, 0.25) is 0 Å². The number of esters is 1. The number of aliphatic hydroxyl groups excluding tert-OH is 1. The Hall–Kier alpha value is -4.37. The molecule has 2 aromatic carbocycles. The van der Waals surface area contributed by atoms with Gasteiger partial charge in [0.05, 0.1) is 21.4 Å². The summed E-state index contributed by atoms with van der Waals surface area (Å²) in [7, 11) is 2.03. The number of aromatic hydroxyl groups is 1. The molecule has 11 nitrogen and oxygen atoms in total. The Morgan fingerprint density at radius 2 is 1.75 bits per heavy atom. The van der Waals surface area contributed by atoms with Gasteiger partial charge < -0.3 is 40.6 Å². The number of nitrogens with zero attached hydrogens (tertiary/aromatic N) is 1. The van der Waals surface area contributed by atoms with Gasteiger partial charge >= 0.3 is 5.97 Å². The van der Waals surface area contributed by atoms with Crippen LogP contribution in [0.4, 0.5) is 5.69 Å². The molecule has 3 aromatic heterocycles. The summed E-state index contributed by atoms with van der Waals surface area (Å²) in [5.74, 6) is -0.265. The van der Waals surface area contributed by atoms with Crippen LogP contribution in [-0.4, -0.2) is 69.4 Å². The zero-order chi connectivity index (χ0) is 36.4. The van der Waals surface area contributed by atoms with Crippen molar-refractivity contribution in [3.63, 3.8) is 0 Å². The van der Waals surface area contributed by atoms with Crippen LogP contribution >= 0.6 is 22.7 Å². The number of fused-ring (bicyclic) bond motifs is 3. The molecule has 2 fully saturated rings. The maximum atomic E-state index is 13.6. The van der Waals surface area contributed by atoms with Gasteiger partial charge in [0.25, 0.3) is 0 Å². The van der Waals surface area contributed by atoms with Gasteiger partial charge in [-0.05, 0) is 90.5 Å². The summed E-state index contributed by atoms with van der Waals surface area (Å²) in [6.07, 6.45) is 1.91. The van der Waals surface area contributed by atoms with E-state index in [0.717, 1.165) is 24.8 Å². The second-order valence-corrected chi connectivity index (χ2v) is 15.6. The summed E-state index contributed by atoms with van der Waals surface area (Å²) >= 11 is 2.67. The van der Waals surface area contributed by atoms with Gasteiger partial charge in [0, 0.05) is 55.2 Å². The van der Waals surface area contributed by atoms with E-state index in [1.807, 2.05) is 54.2 Å². The SMILES string of the molecule is CN(CCC(=O)Nc1ccc(CNC[C@H](O)c2ccc(O)c3[nH]c(=O)ccc23)cc1)C1C2CCC1C(OC(=O)C(O)(c1cccs1)c1cccs1)C2. The smallest absolute Gasteiger partial charge is 0.349 e. The number of hydrogen-bond acceptors (Lipinski definition) is 11. The Balaban J connectivity index is 0.874. The Morgan fingerprint density at radius 3 is 2.44 bits per heavy atom. The number of benzene rings is 2. The van der Waals surface area contributed by atoms with Crippen molar-refractivity contribution in [2.24, 2.45) is 11.8 Å². The van der Waals surface area contributed by atoms with Gasteiger partial charge in [0.15, 0.2) is 0 Å². The third-order valence-corrected chi connectivity index (χ3v) is 12.4. The van der Waals surface area contributed by atoms with Crippen LogP contribution in [0.15, 0.2) is 88.4 Å². The normalized spacial score (nSPS) is 20.4. The lowest BCUT2D eigenvalue weighted by atomic mass is 9.96. The van der Waals surface area contributed by atoms with Crippen molar-refractivity contribution in [3.8, 4) is 5.75 Å². The summed E-state index contributed by atoms with van der Waals surface area (Å²) in [6.45, 7) is 1.31. The molecule has 6 N–H and O–H groups in total. The number of aromatic nitrogens is 1. The third-order valence-electron chi connectivity index (χ3n) is 10.5. The first kappa shape index (κ1) is 36.0. The molecule has 0 aliphatic heterocycles. The van der Waals surface area contributed by atoms with Crippen molar-refractivity contribution in [2.75, 3.05) is 25.5 Å². The molecule has 3 heterocycles. The molecule has 2 saturated carbocycles. The molecule has 2 bridgehead atoms. The number of anilines is 1. The highest BCUT2D eigenvalue weighted by molar-refractivity contribution is 7.12. The minimum Gasteiger partial charge on any atom is -0.506 e. The van der Waals surface area contributed by atoms with Crippen molar-refractivity contribution in [3.05, 3.63) is 115 Å². The van der Waals surface area contributed by atoms with Crippen LogP contribution in [0.5, 0.6) is 5.75 Å². The van der Waals surface area contributed by atoms with Crippen molar-refractivity contribution in [2.45, 2.75) is 56.1 Å². The van der Waals surface area contributed by atoms with Gasteiger partial charge in [-0.3, -0.25) is 9.59 Å². The molecule has 2 aliphatic rings. The Morgan fingerprint density at radius 1 is 1.02 bits per heavy atom. The molecule has 272 valence electrons. The van der Waals surface area contributed by atoms with Crippen LogP contribution in [-0.2, 0) is 26.5 Å². The Labute approximate surface area is 308 Å². The predicted octanol–water partition coefficient (Wildman–Crippen LogP) is 5.09. The monoisotopic (exact) mass is 742 g/mol. The van der Waals surface area contributed by atoms with Crippen LogP contribution in [0.3, 0.4) is 0 Å². The number of phenols is 1. The van der Waals surface area contributed by atoms with Gasteiger partial charge in [0.1, 0.15) is 11.9 Å². The number of amides is 1. The highest BCUT2D eigenvalue weighted by Gasteiger charge is 2.53. The average molecular weight is 743 g/mol. The van der Waals surface area contributed by atoms with E-state index in [1.165, 1.54) is 34.8 Å². The standard InChI is InChI=1S/C39H42N4O7S2/c1-43(37-24-8-11-28(37)31(20-24)50-38(48)39(49,32-4-2-18-51-32)33-5-3-19-52-33)17-16-35(47)41-25-9-6-23(7-10-25)21-40-22-30(45)26-12-14-29(44)36-27(26)13-15-34(46)42-36/h2-7,9-10,12-15,18-19,24,28,30-31,37,40,44-45,49H,8,11,16-17,20-22H2,1H3,(H,41,47)(H,42,46)/t24?,28?,30-,31?,37?/m0/s1. The molecule has 0 saturated heterocycles. The third kappa shape index (κ3) is 7.29. The lowest BCUT2D eigenvalue weighted by molar-refractivity contribution is -0.170. The largest absolute Gasteiger partial charge is 0.506 e. The van der Waals surface area contributed by atoms with Crippen molar-refractivity contribution < 1.29 is 29.6 Å². The number of carbonyl (C=O) groups excluding carboxylic acids is 2. The second kappa shape index (κ2) is 15.3. The highest BCUT2D eigenvalue weighted by atomic mass is 32.1. The number of carbonyl (C=O) groups is 2. The number of rotatable bonds is 14. The fourth-order valence-electron chi connectivity index (χ4n) is 7.94. The van der Waals surface area contributed by atoms with E-state index in [-0.39, 0.29) is 41.8 Å². The number of aromatic amines is 1. The summed E-state index contributed by atoms with van der Waals surface area (Å²) in [6, 6.07) is 21.0. The quantitative estimate of drug-likeness (QED) is 0.0852. The fourth-order valence-corrected chi connectivity index (χ4v) is 9.65. The number of ether oxygens (including phenoxy) is 1. The molecule has 52 heavy (non-hydrogen) atoms. The molecule has 5 atom stereocenters. The molecule has 7 rings (SSSR count). The molecule has 5 aromatic rings. The lowest BCUT2D eigenvalue weighted by Crippen LogP contribution is -2.42. The van der Waals surface area contributed by atoms with Crippen LogP contribution < -0.4 is 16.2 Å². The highest BCUT2D eigenvalue weighted by Crippen LogP contribution is 2.49. The number of H-pyrrole nitrogens is 1. The number of thiophene rings is 2. The van der Waals surface area contributed by atoms with Gasteiger partial charge in [0.2, 0.25) is 17.1 Å². The second-order valence-electron chi connectivity index (χ2n) is 13.7. The van der Waals surface area contributed by atoms with Crippen LogP contribution in [0.1, 0.15) is 52.7 Å². The molecule has 0 spiro atoms. The summed E-state index contributed by atoms with van der Waals surface area (Å²) in [4.78, 5) is 44.2. The molecule has 1 amide bonds. The molecule has 13 heteroatoms. The van der Waals surface area contributed by atoms with E-state index in [9.17, 15) is 29.7 Å². The zero-order valence-electron chi connectivity index (χ0n) is 28.7. The zero-order valence-corrected chi connectivity index (χ0v) is 30.3. The van der Waals surface area contributed by atoms with Crippen molar-refractivity contribution in [1.82, 2.24) is 15.2 Å². The van der Waals surface area contributed by atoms with Gasteiger partial charge in [-0.15, -0.1) is 22.7 Å². The number of pyridine rings is 1. The molecular weight excluding hydrogens is 701 g/mol. The first-order valence-electron chi connectivity index (χ1n) is 17.5. The molecule has 0 radical (unpaired) electrons. The summed E-state index contributed by atoms with van der Waals surface area (Å²) < 4.78 is 6.11. The van der Waals surface area contributed by atoms with E-state index < -0.39 is 17.7 Å². The van der Waals surface area contributed by atoms with Gasteiger partial charge in [-0.2, -0.15) is 0 Å². The van der Waals surface area contributed by atoms with Crippen LogP contribution in [0, 0.1) is 11.8 Å². The number of hydrogen-bond donors (Lipinski definition) is 6. The van der Waals surface area contributed by atoms with E-state index in [4.69, 9.17) is 4.74 Å². The fraction of sp³-hybridized carbons (Fsp3) is 0.359. The first-order chi connectivity index (χ1) is 25.1. The molecule has 2 aliphatic carbocycles. The predicted molar refractivity (Wildman–Crippen MR) is 201 cm³/mol. The Kier molecular flexibility index (Phi) is 10.6. The van der Waals surface area contributed by atoms with Gasteiger partial charge in [-0.1, -0.05) is 30.3 Å². The van der Waals surface area contributed by atoms with Crippen LogP contribution in [0.25, 0.3) is 10.9 Å². The van der Waals surface area contributed by atoms with E-state index in [0.29, 0.717) is 57.3 Å². The number of phenolic OH excluding ortho intramolecular Hbond substituents is 1. The van der Waals surface area contributed by atoms with Crippen molar-refractivity contribution >= 4 is 51.1 Å². The molecule has 4 unspecified atom stereocenters. The summed E-state index contributed by atoms with van der Waals surface area (Å²) in [5.41, 5.74) is 0.396. The number of nitrogens with one attached hydrogen (secondary N) is 3. The van der Waals surface area contributed by atoms with E-state index in [1.54, 1.807) is 24.3 Å². The molecular formula is C39H42N4O7S2. The lowest BCUT2D eigenvalue weighted by Gasteiger charge is -2.31. The maximum Gasteiger partial charge on any atom is 0.349 e. The summed E-state index contributed by atoms with van der Waals surface area (Å²) in [5, 5.41) is 43.1. The van der Waals surface area contributed by atoms with Gasteiger partial charge in [-0.25, -0.2) is 4.79 Å². The Bertz CT molecular complexity index is 2030. The first-order valence-corrected chi connectivity index (χ1v) is 19.2. The van der Waals surface area contributed by atoms with E-state index in [2.05, 4.69) is 20.5 Å². The minimum atomic E-state index is -1.82. The minimum absolute atomic E-state index is 0.0551. The maximum absolute atomic E-state index is 13.6. The topological polar surface area (TPSA) is 164 Å². The number of aliphatic hydroxyl groups is 2. The average Bonchev–Trinajstić information content (AvgIpc) is 3.98. The van der Waals surface area contributed by atoms with E-state index >= 15 is 0 Å².